The average molecular weight is 604 g/mol. The SMILES string of the molecule is O=C(NC1CCCC1)C(Cc1ccccc1)N(Cc1ccc(Cl)cc1Cl)C(=O)COc1ccc(Br)cc1. The van der Waals surface area contributed by atoms with Crippen LogP contribution in [-0.2, 0) is 22.6 Å². The number of ether oxygens (including phenoxy) is 1. The fourth-order valence-corrected chi connectivity index (χ4v) is 5.25. The number of carbonyl (C=O) groups is 2. The molecule has 0 radical (unpaired) electrons. The van der Waals surface area contributed by atoms with E-state index in [2.05, 4.69) is 21.2 Å². The third kappa shape index (κ3) is 7.97. The molecule has 4 rings (SSSR count). The molecule has 1 saturated carbocycles. The second-order valence-corrected chi connectivity index (χ2v) is 11.0. The Morgan fingerprint density at radius 3 is 2.38 bits per heavy atom. The van der Waals surface area contributed by atoms with Gasteiger partial charge in [0.2, 0.25) is 5.91 Å². The van der Waals surface area contributed by atoms with Crippen LogP contribution in [0, 0.1) is 0 Å². The van der Waals surface area contributed by atoms with E-state index in [1.165, 1.54) is 0 Å². The van der Waals surface area contributed by atoms with Crippen molar-refractivity contribution in [2.45, 2.75) is 50.7 Å². The van der Waals surface area contributed by atoms with Crippen molar-refractivity contribution in [1.82, 2.24) is 10.2 Å². The highest BCUT2D eigenvalue weighted by molar-refractivity contribution is 9.10. The molecule has 5 nitrogen and oxygen atoms in total. The van der Waals surface area contributed by atoms with Gasteiger partial charge in [-0.2, -0.15) is 0 Å². The summed E-state index contributed by atoms with van der Waals surface area (Å²) in [4.78, 5) is 28.9. The third-order valence-electron chi connectivity index (χ3n) is 6.50. The average Bonchev–Trinajstić information content (AvgIpc) is 3.40. The zero-order valence-corrected chi connectivity index (χ0v) is 23.4. The van der Waals surface area contributed by atoms with Gasteiger partial charge in [-0.25, -0.2) is 0 Å². The Morgan fingerprint density at radius 2 is 1.70 bits per heavy atom. The fraction of sp³-hybridized carbons (Fsp3) is 0.310. The molecule has 3 aromatic rings. The first kappa shape index (κ1) is 27.5. The van der Waals surface area contributed by atoms with Crippen molar-refractivity contribution in [2.75, 3.05) is 6.61 Å². The van der Waals surface area contributed by atoms with Crippen LogP contribution in [0.25, 0.3) is 0 Å². The van der Waals surface area contributed by atoms with E-state index in [4.69, 9.17) is 27.9 Å². The van der Waals surface area contributed by atoms with E-state index in [-0.39, 0.29) is 31.0 Å². The van der Waals surface area contributed by atoms with Crippen molar-refractivity contribution < 1.29 is 14.3 Å². The second kappa shape index (κ2) is 13.3. The molecule has 8 heteroatoms. The molecule has 0 spiro atoms. The fourth-order valence-electron chi connectivity index (χ4n) is 4.51. The molecule has 194 valence electrons. The van der Waals surface area contributed by atoms with E-state index < -0.39 is 6.04 Å². The first-order valence-electron chi connectivity index (χ1n) is 12.3. The van der Waals surface area contributed by atoms with Gasteiger partial charge in [-0.15, -0.1) is 0 Å². The van der Waals surface area contributed by atoms with Crippen LogP contribution < -0.4 is 10.1 Å². The van der Waals surface area contributed by atoms with Crippen LogP contribution >= 0.6 is 39.1 Å². The Hall–Kier alpha value is -2.54. The van der Waals surface area contributed by atoms with E-state index in [0.717, 1.165) is 35.7 Å². The first-order chi connectivity index (χ1) is 17.9. The maximum absolute atomic E-state index is 13.7. The minimum Gasteiger partial charge on any atom is -0.484 e. The molecule has 1 atom stereocenters. The summed E-state index contributed by atoms with van der Waals surface area (Å²) in [7, 11) is 0. The molecule has 1 N–H and O–H groups in total. The highest BCUT2D eigenvalue weighted by Crippen LogP contribution is 2.25. The highest BCUT2D eigenvalue weighted by Gasteiger charge is 2.32. The summed E-state index contributed by atoms with van der Waals surface area (Å²) >= 11 is 16.0. The van der Waals surface area contributed by atoms with Crippen LogP contribution in [0.3, 0.4) is 0 Å². The normalized spacial score (nSPS) is 14.2. The van der Waals surface area contributed by atoms with Crippen molar-refractivity contribution in [2.24, 2.45) is 0 Å². The van der Waals surface area contributed by atoms with E-state index in [0.29, 0.717) is 27.8 Å². The molecule has 0 saturated heterocycles. The van der Waals surface area contributed by atoms with Gasteiger partial charge < -0.3 is 15.0 Å². The number of hydrogen-bond acceptors (Lipinski definition) is 3. The minimum absolute atomic E-state index is 0.126. The van der Waals surface area contributed by atoms with Crippen molar-refractivity contribution >= 4 is 50.9 Å². The van der Waals surface area contributed by atoms with Crippen LogP contribution in [0.5, 0.6) is 5.75 Å². The van der Waals surface area contributed by atoms with Gasteiger partial charge in [0, 0.05) is 33.5 Å². The second-order valence-electron chi connectivity index (χ2n) is 9.20. The number of nitrogens with zero attached hydrogens (tertiary/aromatic N) is 1. The monoisotopic (exact) mass is 602 g/mol. The maximum Gasteiger partial charge on any atom is 0.261 e. The standard InChI is InChI=1S/C29H29BrCl2N2O3/c30-22-11-14-25(15-12-22)37-19-28(35)34(18-21-10-13-23(31)17-26(21)32)27(16-20-6-2-1-3-7-20)29(36)33-24-8-4-5-9-24/h1-3,6-7,10-15,17,24,27H,4-5,8-9,16,18-19H2,(H,33,36). The highest BCUT2D eigenvalue weighted by atomic mass is 79.9. The molecular weight excluding hydrogens is 575 g/mol. The smallest absolute Gasteiger partial charge is 0.261 e. The molecule has 0 aliphatic heterocycles. The molecule has 0 aromatic heterocycles. The van der Waals surface area contributed by atoms with Crippen LogP contribution in [-0.4, -0.2) is 35.4 Å². The lowest BCUT2D eigenvalue weighted by Crippen LogP contribution is -2.53. The molecule has 0 bridgehead atoms. The van der Waals surface area contributed by atoms with Crippen LogP contribution in [0.2, 0.25) is 10.0 Å². The van der Waals surface area contributed by atoms with Gasteiger partial charge in [0.15, 0.2) is 6.61 Å². The molecule has 1 unspecified atom stereocenters. The lowest BCUT2D eigenvalue weighted by atomic mass is 10.0. The number of hydrogen-bond donors (Lipinski definition) is 1. The Morgan fingerprint density at radius 1 is 1.00 bits per heavy atom. The zero-order chi connectivity index (χ0) is 26.2. The Labute approximate surface area is 236 Å². The summed E-state index contributed by atoms with van der Waals surface area (Å²) in [6.45, 7) is -0.0665. The van der Waals surface area contributed by atoms with Crippen molar-refractivity contribution in [3.63, 3.8) is 0 Å². The predicted molar refractivity (Wildman–Crippen MR) is 151 cm³/mol. The van der Waals surface area contributed by atoms with E-state index in [1.807, 2.05) is 42.5 Å². The molecule has 1 aliphatic rings. The molecule has 1 fully saturated rings. The lowest BCUT2D eigenvalue weighted by Gasteiger charge is -2.32. The first-order valence-corrected chi connectivity index (χ1v) is 13.9. The summed E-state index contributed by atoms with van der Waals surface area (Å²) in [5.41, 5.74) is 1.66. The number of rotatable bonds is 10. The third-order valence-corrected chi connectivity index (χ3v) is 7.62. The Balaban J connectivity index is 1.63. The van der Waals surface area contributed by atoms with Gasteiger partial charge in [0.05, 0.1) is 0 Å². The molecule has 1 aliphatic carbocycles. The predicted octanol–water partition coefficient (Wildman–Crippen LogP) is 6.83. The number of amides is 2. The summed E-state index contributed by atoms with van der Waals surface area (Å²) in [5.74, 6) is 0.0883. The van der Waals surface area contributed by atoms with Crippen LogP contribution in [0.15, 0.2) is 77.3 Å². The molecule has 2 amide bonds. The van der Waals surface area contributed by atoms with Crippen LogP contribution in [0.4, 0.5) is 0 Å². The maximum atomic E-state index is 13.7. The van der Waals surface area contributed by atoms with Gasteiger partial charge in [-0.1, -0.05) is 88.4 Å². The van der Waals surface area contributed by atoms with Gasteiger partial charge in [-0.05, 0) is 60.4 Å². The molecular formula is C29H29BrCl2N2O3. The van der Waals surface area contributed by atoms with E-state index in [9.17, 15) is 9.59 Å². The number of nitrogens with one attached hydrogen (secondary N) is 1. The largest absolute Gasteiger partial charge is 0.484 e. The minimum atomic E-state index is -0.740. The van der Waals surface area contributed by atoms with Crippen LogP contribution in [0.1, 0.15) is 36.8 Å². The number of benzene rings is 3. The summed E-state index contributed by atoms with van der Waals surface area (Å²) in [5, 5.41) is 4.13. The van der Waals surface area contributed by atoms with Gasteiger partial charge >= 0.3 is 0 Å². The quantitative estimate of drug-likeness (QED) is 0.276. The van der Waals surface area contributed by atoms with Gasteiger partial charge in [-0.3, -0.25) is 9.59 Å². The van der Waals surface area contributed by atoms with E-state index in [1.54, 1.807) is 35.2 Å². The number of carbonyl (C=O) groups excluding carboxylic acids is 2. The zero-order valence-electron chi connectivity index (χ0n) is 20.3. The molecule has 3 aromatic carbocycles. The summed E-state index contributed by atoms with van der Waals surface area (Å²) < 4.78 is 6.72. The van der Waals surface area contributed by atoms with Gasteiger partial charge in [0.25, 0.3) is 5.91 Å². The summed E-state index contributed by atoms with van der Waals surface area (Å²) in [6.07, 6.45) is 4.46. The van der Waals surface area contributed by atoms with Crippen molar-refractivity contribution in [3.8, 4) is 5.75 Å². The molecule has 37 heavy (non-hydrogen) atoms. The van der Waals surface area contributed by atoms with E-state index >= 15 is 0 Å². The van der Waals surface area contributed by atoms with Gasteiger partial charge in [0.1, 0.15) is 11.8 Å². The topological polar surface area (TPSA) is 58.6 Å². The van der Waals surface area contributed by atoms with Crippen molar-refractivity contribution in [1.29, 1.82) is 0 Å². The molecule has 0 heterocycles. The number of halogens is 3. The lowest BCUT2D eigenvalue weighted by molar-refractivity contribution is -0.143. The Bertz CT molecular complexity index is 1200. The summed E-state index contributed by atoms with van der Waals surface area (Å²) in [6, 6.07) is 21.5. The van der Waals surface area contributed by atoms with Crippen molar-refractivity contribution in [3.05, 3.63) is 98.4 Å². The Kier molecular flexibility index (Phi) is 9.89.